The van der Waals surface area contributed by atoms with Gasteiger partial charge in [0.1, 0.15) is 0 Å². The Morgan fingerprint density at radius 3 is 2.14 bits per heavy atom. The molecule has 0 heterocycles. The summed E-state index contributed by atoms with van der Waals surface area (Å²) in [4.78, 5) is 2.08. The molecule has 14 heavy (non-hydrogen) atoms. The molecule has 0 bridgehead atoms. The molecule has 0 aliphatic rings. The quantitative estimate of drug-likeness (QED) is 0.654. The van der Waals surface area contributed by atoms with E-state index < -0.39 is 5.60 Å². The Morgan fingerprint density at radius 1 is 1.29 bits per heavy atom. The first-order valence-electron chi connectivity index (χ1n) is 5.52. The van der Waals surface area contributed by atoms with Crippen molar-refractivity contribution in [1.29, 1.82) is 0 Å². The van der Waals surface area contributed by atoms with Crippen LogP contribution < -0.4 is 0 Å². The van der Waals surface area contributed by atoms with Gasteiger partial charge in [0.15, 0.2) is 0 Å². The van der Waals surface area contributed by atoms with Gasteiger partial charge in [0.05, 0.1) is 11.7 Å². The van der Waals surface area contributed by atoms with Crippen LogP contribution in [0.2, 0.25) is 0 Å². The van der Waals surface area contributed by atoms with Crippen LogP contribution in [0.3, 0.4) is 0 Å². The zero-order chi connectivity index (χ0) is 11.2. The molecule has 2 N–H and O–H groups in total. The number of hydrogen-bond acceptors (Lipinski definition) is 3. The molecule has 0 aliphatic carbocycles. The second-order valence-corrected chi connectivity index (χ2v) is 4.31. The second kappa shape index (κ2) is 6.38. The van der Waals surface area contributed by atoms with E-state index in [1.807, 2.05) is 20.9 Å². The molecule has 0 amide bonds. The van der Waals surface area contributed by atoms with Crippen LogP contribution in [0, 0.1) is 0 Å². The Labute approximate surface area is 87.7 Å². The zero-order valence-corrected chi connectivity index (χ0v) is 9.95. The minimum Gasteiger partial charge on any atom is -0.393 e. The highest BCUT2D eigenvalue weighted by Crippen LogP contribution is 2.15. The Morgan fingerprint density at radius 2 is 1.79 bits per heavy atom. The molecule has 0 saturated carbocycles. The summed E-state index contributed by atoms with van der Waals surface area (Å²) in [7, 11) is 1.98. The molecule has 3 nitrogen and oxygen atoms in total. The van der Waals surface area contributed by atoms with Crippen molar-refractivity contribution in [3.63, 3.8) is 0 Å². The van der Waals surface area contributed by atoms with Crippen LogP contribution in [0.5, 0.6) is 0 Å². The number of likely N-dealkylation sites (N-methyl/N-ethyl adjacent to an activating group) is 1. The minimum atomic E-state index is -0.562. The predicted octanol–water partition coefficient (Wildman–Crippen LogP) is 1.24. The molecule has 1 atom stereocenters. The smallest absolute Gasteiger partial charge is 0.0768 e. The SMILES string of the molecule is CCC(O)(CC)CN(C)CCC(C)O. The van der Waals surface area contributed by atoms with E-state index in [0.29, 0.717) is 6.54 Å². The molecule has 0 saturated heterocycles. The van der Waals surface area contributed by atoms with Gasteiger partial charge in [-0.05, 0) is 33.2 Å². The van der Waals surface area contributed by atoms with Crippen LogP contribution in [0.4, 0.5) is 0 Å². The van der Waals surface area contributed by atoms with Gasteiger partial charge >= 0.3 is 0 Å². The lowest BCUT2D eigenvalue weighted by atomic mass is 9.97. The van der Waals surface area contributed by atoms with E-state index in [9.17, 15) is 5.11 Å². The van der Waals surface area contributed by atoms with E-state index >= 15 is 0 Å². The number of rotatable bonds is 7. The zero-order valence-electron chi connectivity index (χ0n) is 9.95. The van der Waals surface area contributed by atoms with Crippen LogP contribution in [0.25, 0.3) is 0 Å². The first-order chi connectivity index (χ1) is 6.43. The van der Waals surface area contributed by atoms with Crippen molar-refractivity contribution in [2.24, 2.45) is 0 Å². The lowest BCUT2D eigenvalue weighted by Gasteiger charge is -2.30. The first-order valence-corrected chi connectivity index (χ1v) is 5.52. The maximum Gasteiger partial charge on any atom is 0.0768 e. The summed E-state index contributed by atoms with van der Waals surface area (Å²) in [6.07, 6.45) is 2.07. The minimum absolute atomic E-state index is 0.256. The number of aliphatic hydroxyl groups is 2. The van der Waals surface area contributed by atoms with Gasteiger partial charge in [-0.1, -0.05) is 13.8 Å². The summed E-state index contributed by atoms with van der Waals surface area (Å²) < 4.78 is 0. The monoisotopic (exact) mass is 203 g/mol. The molecule has 0 aromatic carbocycles. The van der Waals surface area contributed by atoms with E-state index in [1.165, 1.54) is 0 Å². The van der Waals surface area contributed by atoms with Gasteiger partial charge in [0.2, 0.25) is 0 Å². The summed E-state index contributed by atoms with van der Waals surface area (Å²) in [5, 5.41) is 19.2. The standard InChI is InChI=1S/C11H25NO2/c1-5-11(14,6-2)9-12(4)8-7-10(3)13/h10,13-14H,5-9H2,1-4H3. The fourth-order valence-corrected chi connectivity index (χ4v) is 1.46. The van der Waals surface area contributed by atoms with Crippen molar-refractivity contribution < 1.29 is 10.2 Å². The van der Waals surface area contributed by atoms with Crippen LogP contribution in [-0.2, 0) is 0 Å². The van der Waals surface area contributed by atoms with Gasteiger partial charge < -0.3 is 15.1 Å². The lowest BCUT2D eigenvalue weighted by molar-refractivity contribution is 0.000608. The Bertz CT molecular complexity index is 144. The lowest BCUT2D eigenvalue weighted by Crippen LogP contribution is -2.41. The molecule has 0 radical (unpaired) electrons. The highest BCUT2D eigenvalue weighted by atomic mass is 16.3. The maximum absolute atomic E-state index is 10.1. The van der Waals surface area contributed by atoms with Crippen molar-refractivity contribution in [3.8, 4) is 0 Å². The van der Waals surface area contributed by atoms with Gasteiger partial charge in [-0.15, -0.1) is 0 Å². The summed E-state index contributed by atoms with van der Waals surface area (Å²) in [6, 6.07) is 0. The summed E-state index contributed by atoms with van der Waals surface area (Å²) >= 11 is 0. The molecule has 0 fully saturated rings. The first kappa shape index (κ1) is 13.9. The molecule has 0 aliphatic heterocycles. The van der Waals surface area contributed by atoms with Gasteiger partial charge in [0.25, 0.3) is 0 Å². The van der Waals surface area contributed by atoms with Crippen molar-refractivity contribution in [2.75, 3.05) is 20.1 Å². The van der Waals surface area contributed by atoms with Gasteiger partial charge in [0, 0.05) is 13.1 Å². The molecular weight excluding hydrogens is 178 g/mol. The fraction of sp³-hybridized carbons (Fsp3) is 1.00. The summed E-state index contributed by atoms with van der Waals surface area (Å²) in [5.74, 6) is 0. The van der Waals surface area contributed by atoms with E-state index in [-0.39, 0.29) is 6.10 Å². The van der Waals surface area contributed by atoms with E-state index in [0.717, 1.165) is 25.8 Å². The van der Waals surface area contributed by atoms with Gasteiger partial charge in [-0.2, -0.15) is 0 Å². The van der Waals surface area contributed by atoms with E-state index in [4.69, 9.17) is 5.11 Å². The Balaban J connectivity index is 3.85. The third-order valence-electron chi connectivity index (χ3n) is 2.81. The fourth-order valence-electron chi connectivity index (χ4n) is 1.46. The van der Waals surface area contributed by atoms with Crippen molar-refractivity contribution in [1.82, 2.24) is 4.90 Å². The Hall–Kier alpha value is -0.120. The molecule has 0 spiro atoms. The highest BCUT2D eigenvalue weighted by molar-refractivity contribution is 4.78. The topological polar surface area (TPSA) is 43.7 Å². The summed E-state index contributed by atoms with van der Waals surface area (Å²) in [5.41, 5.74) is -0.562. The molecule has 0 aromatic heterocycles. The van der Waals surface area contributed by atoms with Crippen molar-refractivity contribution >= 4 is 0 Å². The molecule has 86 valence electrons. The third-order valence-corrected chi connectivity index (χ3v) is 2.81. The largest absolute Gasteiger partial charge is 0.393 e. The summed E-state index contributed by atoms with van der Waals surface area (Å²) in [6.45, 7) is 7.32. The van der Waals surface area contributed by atoms with Crippen LogP contribution in [0.1, 0.15) is 40.0 Å². The average Bonchev–Trinajstić information content (AvgIpc) is 2.14. The number of nitrogens with zero attached hydrogens (tertiary/aromatic N) is 1. The highest BCUT2D eigenvalue weighted by Gasteiger charge is 2.23. The molecule has 0 rings (SSSR count). The molecule has 3 heteroatoms. The normalized spacial score (nSPS) is 14.8. The third kappa shape index (κ3) is 5.58. The average molecular weight is 203 g/mol. The predicted molar refractivity (Wildman–Crippen MR) is 59.3 cm³/mol. The van der Waals surface area contributed by atoms with Crippen LogP contribution in [-0.4, -0.2) is 47.0 Å². The van der Waals surface area contributed by atoms with E-state index in [2.05, 4.69) is 4.90 Å². The second-order valence-electron chi connectivity index (χ2n) is 4.31. The van der Waals surface area contributed by atoms with Crippen molar-refractivity contribution in [2.45, 2.75) is 51.7 Å². The Kier molecular flexibility index (Phi) is 6.33. The van der Waals surface area contributed by atoms with E-state index in [1.54, 1.807) is 6.92 Å². The maximum atomic E-state index is 10.1. The van der Waals surface area contributed by atoms with Crippen LogP contribution in [0.15, 0.2) is 0 Å². The van der Waals surface area contributed by atoms with Crippen molar-refractivity contribution in [3.05, 3.63) is 0 Å². The van der Waals surface area contributed by atoms with Gasteiger partial charge in [-0.3, -0.25) is 0 Å². The van der Waals surface area contributed by atoms with Crippen LogP contribution >= 0.6 is 0 Å². The number of hydrogen-bond donors (Lipinski definition) is 2. The molecule has 0 aromatic rings. The molecule has 1 unspecified atom stereocenters. The molecular formula is C11H25NO2. The van der Waals surface area contributed by atoms with Gasteiger partial charge in [-0.25, -0.2) is 0 Å². The number of aliphatic hydroxyl groups excluding tert-OH is 1.